The van der Waals surface area contributed by atoms with Crippen molar-refractivity contribution in [2.24, 2.45) is 11.5 Å². The van der Waals surface area contributed by atoms with Gasteiger partial charge in [-0.25, -0.2) is 0 Å². The Labute approximate surface area is 74.1 Å². The van der Waals surface area contributed by atoms with E-state index < -0.39 is 0 Å². The van der Waals surface area contributed by atoms with Crippen molar-refractivity contribution in [2.45, 2.75) is 19.8 Å². The first-order chi connectivity index (χ1) is 5.59. The number of carbonyl (C=O) groups is 1. The molecule has 0 rings (SSSR count). The summed E-state index contributed by atoms with van der Waals surface area (Å²) in [4.78, 5) is 10.2. The van der Waals surface area contributed by atoms with Crippen molar-refractivity contribution in [3.63, 3.8) is 0 Å². The molecule has 0 fully saturated rings. The number of hydrogen-bond donors (Lipinski definition) is 2. The van der Waals surface area contributed by atoms with Gasteiger partial charge in [-0.3, -0.25) is 4.79 Å². The lowest BCUT2D eigenvalue weighted by atomic mass is 10.2. The van der Waals surface area contributed by atoms with Crippen molar-refractivity contribution in [3.8, 4) is 0 Å². The molecule has 0 atom stereocenters. The number of primary amides is 1. The molecule has 0 saturated carbocycles. The van der Waals surface area contributed by atoms with Gasteiger partial charge in [0.1, 0.15) is 0 Å². The standard InChI is InChI=1S/C6H11NO.C3H7N/c1-3-4-5(2)6(7)8;1-2-3-4/h2-4H2,1H3,(H2,7,8);2H,1,3-4H2. The molecular formula is C9H18N2O. The molecule has 0 spiro atoms. The third-order valence-electron chi connectivity index (χ3n) is 1.07. The normalized spacial score (nSPS) is 7.83. The Morgan fingerprint density at radius 2 is 2.00 bits per heavy atom. The summed E-state index contributed by atoms with van der Waals surface area (Å²) in [5.74, 6) is -0.383. The SMILES string of the molecule is C=C(CCC)C(N)=O.C=CCN. The molecule has 0 saturated heterocycles. The van der Waals surface area contributed by atoms with E-state index in [1.54, 1.807) is 6.08 Å². The van der Waals surface area contributed by atoms with Gasteiger partial charge < -0.3 is 11.5 Å². The third-order valence-corrected chi connectivity index (χ3v) is 1.07. The highest BCUT2D eigenvalue weighted by Gasteiger charge is 1.96. The number of amides is 1. The molecule has 3 nitrogen and oxygen atoms in total. The van der Waals surface area contributed by atoms with Gasteiger partial charge in [0.2, 0.25) is 5.91 Å². The quantitative estimate of drug-likeness (QED) is 0.487. The van der Waals surface area contributed by atoms with Crippen LogP contribution >= 0.6 is 0 Å². The van der Waals surface area contributed by atoms with Gasteiger partial charge >= 0.3 is 0 Å². The summed E-state index contributed by atoms with van der Waals surface area (Å²) >= 11 is 0. The Balaban J connectivity index is 0. The lowest BCUT2D eigenvalue weighted by Crippen LogP contribution is -2.12. The lowest BCUT2D eigenvalue weighted by molar-refractivity contribution is -0.114. The van der Waals surface area contributed by atoms with Crippen LogP contribution in [0, 0.1) is 0 Å². The summed E-state index contributed by atoms with van der Waals surface area (Å²) in [6.45, 7) is 9.39. The van der Waals surface area contributed by atoms with Crippen LogP contribution in [0.25, 0.3) is 0 Å². The van der Waals surface area contributed by atoms with Gasteiger partial charge in [-0.15, -0.1) is 6.58 Å². The zero-order chi connectivity index (χ0) is 9.98. The Morgan fingerprint density at radius 1 is 1.58 bits per heavy atom. The molecule has 0 aliphatic heterocycles. The predicted molar refractivity (Wildman–Crippen MR) is 52.5 cm³/mol. The van der Waals surface area contributed by atoms with Crippen LogP contribution in [-0.2, 0) is 4.79 Å². The van der Waals surface area contributed by atoms with E-state index in [4.69, 9.17) is 11.5 Å². The van der Waals surface area contributed by atoms with Gasteiger partial charge in [0.15, 0.2) is 0 Å². The Morgan fingerprint density at radius 3 is 2.08 bits per heavy atom. The molecule has 0 aromatic heterocycles. The molecule has 0 aliphatic rings. The van der Waals surface area contributed by atoms with E-state index in [9.17, 15) is 4.79 Å². The van der Waals surface area contributed by atoms with E-state index in [-0.39, 0.29) is 5.91 Å². The van der Waals surface area contributed by atoms with Crippen LogP contribution in [-0.4, -0.2) is 12.5 Å². The van der Waals surface area contributed by atoms with Crippen LogP contribution in [0.2, 0.25) is 0 Å². The van der Waals surface area contributed by atoms with Gasteiger partial charge in [0.25, 0.3) is 0 Å². The summed E-state index contributed by atoms with van der Waals surface area (Å²) in [5.41, 5.74) is 10.3. The van der Waals surface area contributed by atoms with Crippen LogP contribution in [0.5, 0.6) is 0 Å². The topological polar surface area (TPSA) is 69.1 Å². The molecule has 0 heterocycles. The number of nitrogens with two attached hydrogens (primary N) is 2. The molecule has 0 radical (unpaired) electrons. The molecule has 1 amide bonds. The molecular weight excluding hydrogens is 152 g/mol. The highest BCUT2D eigenvalue weighted by Crippen LogP contribution is 1.98. The minimum Gasteiger partial charge on any atom is -0.366 e. The fraction of sp³-hybridized carbons (Fsp3) is 0.444. The fourth-order valence-electron chi connectivity index (χ4n) is 0.425. The molecule has 4 N–H and O–H groups in total. The number of carbonyl (C=O) groups excluding carboxylic acids is 1. The fourth-order valence-corrected chi connectivity index (χ4v) is 0.425. The van der Waals surface area contributed by atoms with Crippen molar-refractivity contribution in [1.82, 2.24) is 0 Å². The molecule has 0 unspecified atom stereocenters. The van der Waals surface area contributed by atoms with Gasteiger partial charge in [0.05, 0.1) is 0 Å². The van der Waals surface area contributed by atoms with E-state index in [0.29, 0.717) is 12.1 Å². The van der Waals surface area contributed by atoms with Crippen LogP contribution < -0.4 is 11.5 Å². The Kier molecular flexibility index (Phi) is 11.1. The van der Waals surface area contributed by atoms with E-state index in [0.717, 1.165) is 12.8 Å². The summed E-state index contributed by atoms with van der Waals surface area (Å²) in [6.07, 6.45) is 3.30. The van der Waals surface area contributed by atoms with E-state index >= 15 is 0 Å². The molecule has 0 aromatic rings. The first-order valence-electron chi connectivity index (χ1n) is 3.88. The van der Waals surface area contributed by atoms with Gasteiger partial charge in [-0.2, -0.15) is 0 Å². The lowest BCUT2D eigenvalue weighted by Gasteiger charge is -1.93. The summed E-state index contributed by atoms with van der Waals surface area (Å²) in [6, 6.07) is 0. The molecule has 3 heteroatoms. The average Bonchev–Trinajstić information content (AvgIpc) is 2.05. The second-order valence-electron chi connectivity index (χ2n) is 2.24. The molecule has 70 valence electrons. The molecule has 12 heavy (non-hydrogen) atoms. The minimum atomic E-state index is -0.383. The highest BCUT2D eigenvalue weighted by molar-refractivity contribution is 5.91. The van der Waals surface area contributed by atoms with E-state index in [1.807, 2.05) is 6.92 Å². The van der Waals surface area contributed by atoms with Crippen molar-refractivity contribution in [3.05, 3.63) is 24.8 Å². The molecule has 0 bridgehead atoms. The third kappa shape index (κ3) is 11.7. The van der Waals surface area contributed by atoms with Crippen LogP contribution in [0.15, 0.2) is 24.8 Å². The van der Waals surface area contributed by atoms with Crippen LogP contribution in [0.3, 0.4) is 0 Å². The molecule has 0 aliphatic carbocycles. The van der Waals surface area contributed by atoms with E-state index in [2.05, 4.69) is 13.2 Å². The second kappa shape index (κ2) is 9.91. The van der Waals surface area contributed by atoms with Crippen molar-refractivity contribution in [2.75, 3.05) is 6.54 Å². The molecule has 0 aromatic carbocycles. The van der Waals surface area contributed by atoms with E-state index in [1.165, 1.54) is 0 Å². The zero-order valence-corrected chi connectivity index (χ0v) is 7.68. The maximum absolute atomic E-state index is 10.2. The largest absolute Gasteiger partial charge is 0.366 e. The Bertz CT molecular complexity index is 153. The smallest absolute Gasteiger partial charge is 0.244 e. The zero-order valence-electron chi connectivity index (χ0n) is 7.68. The minimum absolute atomic E-state index is 0.383. The average molecular weight is 170 g/mol. The first-order valence-corrected chi connectivity index (χ1v) is 3.88. The summed E-state index contributed by atoms with van der Waals surface area (Å²) in [5, 5.41) is 0. The van der Waals surface area contributed by atoms with Gasteiger partial charge in [0, 0.05) is 12.1 Å². The van der Waals surface area contributed by atoms with Crippen molar-refractivity contribution in [1.29, 1.82) is 0 Å². The monoisotopic (exact) mass is 170 g/mol. The highest BCUT2D eigenvalue weighted by atomic mass is 16.1. The van der Waals surface area contributed by atoms with Gasteiger partial charge in [-0.1, -0.05) is 26.0 Å². The maximum Gasteiger partial charge on any atom is 0.244 e. The predicted octanol–water partition coefficient (Wildman–Crippen LogP) is 0.959. The summed E-state index contributed by atoms with van der Waals surface area (Å²) in [7, 11) is 0. The van der Waals surface area contributed by atoms with Crippen molar-refractivity contribution < 1.29 is 4.79 Å². The van der Waals surface area contributed by atoms with Gasteiger partial charge in [-0.05, 0) is 6.42 Å². The second-order valence-corrected chi connectivity index (χ2v) is 2.24. The Hall–Kier alpha value is -1.09. The first kappa shape index (κ1) is 13.5. The van der Waals surface area contributed by atoms with Crippen molar-refractivity contribution >= 4 is 5.91 Å². The number of rotatable bonds is 4. The number of hydrogen-bond acceptors (Lipinski definition) is 2. The van der Waals surface area contributed by atoms with Crippen LogP contribution in [0.1, 0.15) is 19.8 Å². The maximum atomic E-state index is 10.2. The van der Waals surface area contributed by atoms with Crippen LogP contribution in [0.4, 0.5) is 0 Å². The summed E-state index contributed by atoms with van der Waals surface area (Å²) < 4.78 is 0.